The molecular weight excluding hydrogens is 252 g/mol. The molecule has 0 spiro atoms. The first-order chi connectivity index (χ1) is 9.15. The van der Waals surface area contributed by atoms with Crippen molar-refractivity contribution in [3.8, 4) is 0 Å². The summed E-state index contributed by atoms with van der Waals surface area (Å²) in [5, 5.41) is 11.0. The molecule has 1 aliphatic rings. The zero-order chi connectivity index (χ0) is 13.7. The molecule has 0 aliphatic heterocycles. The van der Waals surface area contributed by atoms with Crippen LogP contribution in [0.15, 0.2) is 18.2 Å². The van der Waals surface area contributed by atoms with Gasteiger partial charge in [-0.05, 0) is 44.2 Å². The van der Waals surface area contributed by atoms with Gasteiger partial charge in [-0.1, -0.05) is 43.0 Å². The van der Waals surface area contributed by atoms with Crippen molar-refractivity contribution in [2.75, 3.05) is 5.75 Å². The summed E-state index contributed by atoms with van der Waals surface area (Å²) in [4.78, 5) is 0. The standard InChI is InChI=1S/C17H26OS/c1-13-8-9-14(2)15(10-13)11-16(18)12-19-17-6-4-3-5-7-17/h8-10,16-18H,3-7,11-12H2,1-2H3. The molecule has 106 valence electrons. The summed E-state index contributed by atoms with van der Waals surface area (Å²) in [5.41, 5.74) is 3.89. The molecule has 1 fully saturated rings. The number of aliphatic hydroxyl groups is 1. The van der Waals surface area contributed by atoms with Crippen molar-refractivity contribution in [3.63, 3.8) is 0 Å². The highest BCUT2D eigenvalue weighted by Crippen LogP contribution is 2.29. The lowest BCUT2D eigenvalue weighted by molar-refractivity contribution is 0.199. The quantitative estimate of drug-likeness (QED) is 0.868. The average molecular weight is 278 g/mol. The summed E-state index contributed by atoms with van der Waals surface area (Å²) >= 11 is 1.98. The maximum Gasteiger partial charge on any atom is 0.0671 e. The predicted octanol–water partition coefficient (Wildman–Crippen LogP) is 4.27. The zero-order valence-electron chi connectivity index (χ0n) is 12.2. The zero-order valence-corrected chi connectivity index (χ0v) is 13.0. The van der Waals surface area contributed by atoms with Gasteiger partial charge in [0.2, 0.25) is 0 Å². The minimum absolute atomic E-state index is 0.201. The van der Waals surface area contributed by atoms with Crippen molar-refractivity contribution in [2.24, 2.45) is 0 Å². The van der Waals surface area contributed by atoms with Gasteiger partial charge in [-0.2, -0.15) is 11.8 Å². The van der Waals surface area contributed by atoms with E-state index in [1.54, 1.807) is 0 Å². The maximum atomic E-state index is 10.2. The van der Waals surface area contributed by atoms with Gasteiger partial charge in [0.25, 0.3) is 0 Å². The fourth-order valence-electron chi connectivity index (χ4n) is 2.81. The lowest BCUT2D eigenvalue weighted by atomic mass is 10.0. The molecule has 0 aromatic heterocycles. The lowest BCUT2D eigenvalue weighted by Crippen LogP contribution is -2.18. The van der Waals surface area contributed by atoms with E-state index in [0.717, 1.165) is 17.4 Å². The molecule has 0 saturated heterocycles. The first-order valence-corrected chi connectivity index (χ1v) is 8.56. The van der Waals surface area contributed by atoms with Crippen LogP contribution in [0.2, 0.25) is 0 Å². The van der Waals surface area contributed by atoms with Crippen LogP contribution >= 0.6 is 11.8 Å². The first-order valence-electron chi connectivity index (χ1n) is 7.51. The Morgan fingerprint density at radius 2 is 1.95 bits per heavy atom. The van der Waals surface area contributed by atoms with Crippen molar-refractivity contribution >= 4 is 11.8 Å². The van der Waals surface area contributed by atoms with Crippen molar-refractivity contribution in [3.05, 3.63) is 34.9 Å². The minimum Gasteiger partial charge on any atom is -0.392 e. The number of aliphatic hydroxyl groups excluding tert-OH is 1. The molecule has 1 aromatic rings. The van der Waals surface area contributed by atoms with Crippen LogP contribution in [0.3, 0.4) is 0 Å². The third kappa shape index (κ3) is 4.85. The molecule has 1 unspecified atom stereocenters. The Kier molecular flexibility index (Phi) is 5.77. The van der Waals surface area contributed by atoms with E-state index in [4.69, 9.17) is 0 Å². The largest absolute Gasteiger partial charge is 0.392 e. The molecule has 0 amide bonds. The van der Waals surface area contributed by atoms with Gasteiger partial charge in [0.05, 0.1) is 6.10 Å². The first kappa shape index (κ1) is 14.9. The van der Waals surface area contributed by atoms with E-state index >= 15 is 0 Å². The second-order valence-electron chi connectivity index (χ2n) is 5.88. The molecule has 0 bridgehead atoms. The molecule has 0 heterocycles. The van der Waals surface area contributed by atoms with Crippen LogP contribution in [0.4, 0.5) is 0 Å². The maximum absolute atomic E-state index is 10.2. The molecule has 1 atom stereocenters. The highest BCUT2D eigenvalue weighted by atomic mass is 32.2. The van der Waals surface area contributed by atoms with Crippen molar-refractivity contribution in [2.45, 2.75) is 63.7 Å². The van der Waals surface area contributed by atoms with Gasteiger partial charge in [0.15, 0.2) is 0 Å². The van der Waals surface area contributed by atoms with E-state index in [2.05, 4.69) is 32.0 Å². The smallest absolute Gasteiger partial charge is 0.0671 e. The average Bonchev–Trinajstić information content (AvgIpc) is 2.42. The molecule has 19 heavy (non-hydrogen) atoms. The van der Waals surface area contributed by atoms with Crippen LogP contribution < -0.4 is 0 Å². The van der Waals surface area contributed by atoms with Gasteiger partial charge in [0.1, 0.15) is 0 Å². The molecule has 1 nitrogen and oxygen atoms in total. The van der Waals surface area contributed by atoms with Crippen LogP contribution in [-0.4, -0.2) is 22.2 Å². The fourth-order valence-corrected chi connectivity index (χ4v) is 4.09. The molecule has 2 rings (SSSR count). The van der Waals surface area contributed by atoms with Crippen molar-refractivity contribution in [1.82, 2.24) is 0 Å². The van der Waals surface area contributed by atoms with Crippen molar-refractivity contribution < 1.29 is 5.11 Å². The van der Waals surface area contributed by atoms with Gasteiger partial charge in [-0.15, -0.1) is 0 Å². The monoisotopic (exact) mass is 278 g/mol. The van der Waals surface area contributed by atoms with E-state index in [1.807, 2.05) is 11.8 Å². The number of rotatable bonds is 5. The number of thioether (sulfide) groups is 1. The van der Waals surface area contributed by atoms with Crippen LogP contribution in [0.5, 0.6) is 0 Å². The Morgan fingerprint density at radius 1 is 1.21 bits per heavy atom. The van der Waals surface area contributed by atoms with Crippen LogP contribution in [-0.2, 0) is 6.42 Å². The minimum atomic E-state index is -0.201. The van der Waals surface area contributed by atoms with E-state index < -0.39 is 0 Å². The molecular formula is C17H26OS. The Bertz CT molecular complexity index is 396. The Morgan fingerprint density at radius 3 is 2.68 bits per heavy atom. The molecule has 1 saturated carbocycles. The summed E-state index contributed by atoms with van der Waals surface area (Å²) in [6.45, 7) is 4.25. The highest BCUT2D eigenvalue weighted by molar-refractivity contribution is 7.99. The van der Waals surface area contributed by atoms with Gasteiger partial charge in [0, 0.05) is 11.0 Å². The molecule has 1 aromatic carbocycles. The van der Waals surface area contributed by atoms with E-state index in [-0.39, 0.29) is 6.10 Å². The number of hydrogen-bond acceptors (Lipinski definition) is 2. The molecule has 1 aliphatic carbocycles. The predicted molar refractivity (Wildman–Crippen MR) is 85.0 cm³/mol. The number of aryl methyl sites for hydroxylation is 2. The highest BCUT2D eigenvalue weighted by Gasteiger charge is 2.16. The molecule has 0 radical (unpaired) electrons. The summed E-state index contributed by atoms with van der Waals surface area (Å²) in [6, 6.07) is 6.51. The Balaban J connectivity index is 1.80. The summed E-state index contributed by atoms with van der Waals surface area (Å²) in [6.07, 6.45) is 7.46. The van der Waals surface area contributed by atoms with Crippen LogP contribution in [0.1, 0.15) is 48.8 Å². The van der Waals surface area contributed by atoms with Gasteiger partial charge < -0.3 is 5.11 Å². The Labute approximate surface area is 121 Å². The second-order valence-corrected chi connectivity index (χ2v) is 7.21. The summed E-state index contributed by atoms with van der Waals surface area (Å²) < 4.78 is 0. The van der Waals surface area contributed by atoms with Gasteiger partial charge >= 0.3 is 0 Å². The van der Waals surface area contributed by atoms with Crippen LogP contribution in [0, 0.1) is 13.8 Å². The normalized spacial score (nSPS) is 18.5. The third-order valence-electron chi connectivity index (χ3n) is 4.04. The lowest BCUT2D eigenvalue weighted by Gasteiger charge is -2.22. The molecule has 1 N–H and O–H groups in total. The van der Waals surface area contributed by atoms with E-state index in [0.29, 0.717) is 0 Å². The molecule has 2 heteroatoms. The number of hydrogen-bond donors (Lipinski definition) is 1. The Hall–Kier alpha value is -0.470. The SMILES string of the molecule is Cc1ccc(C)c(CC(O)CSC2CCCCC2)c1. The van der Waals surface area contributed by atoms with E-state index in [1.165, 1.54) is 48.8 Å². The second kappa shape index (κ2) is 7.35. The third-order valence-corrected chi connectivity index (χ3v) is 5.56. The topological polar surface area (TPSA) is 20.2 Å². The summed E-state index contributed by atoms with van der Waals surface area (Å²) in [7, 11) is 0. The van der Waals surface area contributed by atoms with Crippen molar-refractivity contribution in [1.29, 1.82) is 0 Å². The fraction of sp³-hybridized carbons (Fsp3) is 0.647. The summed E-state index contributed by atoms with van der Waals surface area (Å²) in [5.74, 6) is 0.887. The number of benzene rings is 1. The van der Waals surface area contributed by atoms with Gasteiger partial charge in [-0.3, -0.25) is 0 Å². The van der Waals surface area contributed by atoms with Crippen LogP contribution in [0.25, 0.3) is 0 Å². The van der Waals surface area contributed by atoms with E-state index in [9.17, 15) is 5.11 Å². The van der Waals surface area contributed by atoms with Gasteiger partial charge in [-0.25, -0.2) is 0 Å².